The Morgan fingerprint density at radius 1 is 1.38 bits per heavy atom. The van der Waals surface area contributed by atoms with Gasteiger partial charge in [0.1, 0.15) is 5.75 Å². The number of hydrogen-bond donors (Lipinski definition) is 1. The zero-order chi connectivity index (χ0) is 9.10. The van der Waals surface area contributed by atoms with Gasteiger partial charge in [-0.05, 0) is 31.4 Å². The number of rotatable bonds is 3. The molecule has 1 aromatic rings. The molecule has 0 radical (unpaired) electrons. The number of hydrogen-bond acceptors (Lipinski definition) is 2. The molecule has 2 nitrogen and oxygen atoms in total. The zero-order valence-corrected chi connectivity index (χ0v) is 7.92. The van der Waals surface area contributed by atoms with Crippen LogP contribution in [0.15, 0.2) is 24.3 Å². The van der Waals surface area contributed by atoms with Gasteiger partial charge < -0.3 is 10.1 Å². The van der Waals surface area contributed by atoms with E-state index in [4.69, 9.17) is 4.74 Å². The summed E-state index contributed by atoms with van der Waals surface area (Å²) < 4.78 is 5.15. The Hall–Kier alpha value is -1.18. The molecule has 1 aromatic carbocycles. The summed E-state index contributed by atoms with van der Waals surface area (Å²) in [5.41, 5.74) is 1.17. The van der Waals surface area contributed by atoms with Crippen LogP contribution in [-0.2, 0) is 0 Å². The number of ether oxygens (including phenoxy) is 1. The first-order valence-corrected chi connectivity index (χ1v) is 4.79. The number of benzene rings is 1. The van der Waals surface area contributed by atoms with Gasteiger partial charge in [0.05, 0.1) is 7.11 Å². The maximum absolute atomic E-state index is 5.15. The van der Waals surface area contributed by atoms with Crippen molar-refractivity contribution in [1.82, 2.24) is 0 Å². The predicted molar refractivity (Wildman–Crippen MR) is 54.3 cm³/mol. The molecule has 0 unspecified atom stereocenters. The van der Waals surface area contributed by atoms with E-state index in [1.54, 1.807) is 7.11 Å². The first kappa shape index (κ1) is 8.42. The lowest BCUT2D eigenvalue weighted by Crippen LogP contribution is -2.26. The van der Waals surface area contributed by atoms with Crippen LogP contribution in [0.3, 0.4) is 0 Å². The van der Waals surface area contributed by atoms with E-state index in [2.05, 4.69) is 11.4 Å². The second-order valence-electron chi connectivity index (χ2n) is 3.50. The van der Waals surface area contributed by atoms with Crippen molar-refractivity contribution in [2.24, 2.45) is 0 Å². The molecule has 0 amide bonds. The van der Waals surface area contributed by atoms with E-state index in [-0.39, 0.29) is 0 Å². The molecular weight excluding hydrogens is 162 g/mol. The van der Waals surface area contributed by atoms with Crippen LogP contribution in [0.5, 0.6) is 5.75 Å². The van der Waals surface area contributed by atoms with Crippen molar-refractivity contribution in [1.29, 1.82) is 0 Å². The van der Waals surface area contributed by atoms with E-state index >= 15 is 0 Å². The molecule has 2 heteroatoms. The summed E-state index contributed by atoms with van der Waals surface area (Å²) in [5.74, 6) is 0.921. The van der Waals surface area contributed by atoms with Gasteiger partial charge in [-0.2, -0.15) is 0 Å². The highest BCUT2D eigenvalue weighted by molar-refractivity contribution is 5.49. The molecule has 0 bridgehead atoms. The SMILES string of the molecule is COc1cccc(NC2CCC2)c1. The first-order chi connectivity index (χ1) is 6.38. The Labute approximate surface area is 78.9 Å². The molecule has 0 atom stereocenters. The van der Waals surface area contributed by atoms with E-state index in [0.29, 0.717) is 6.04 Å². The van der Waals surface area contributed by atoms with Gasteiger partial charge in [0.15, 0.2) is 0 Å². The summed E-state index contributed by atoms with van der Waals surface area (Å²) in [6, 6.07) is 8.79. The van der Waals surface area contributed by atoms with Crippen LogP contribution in [0.25, 0.3) is 0 Å². The Morgan fingerprint density at radius 2 is 2.23 bits per heavy atom. The number of nitrogens with one attached hydrogen (secondary N) is 1. The molecule has 0 aliphatic heterocycles. The van der Waals surface area contributed by atoms with Crippen LogP contribution in [0.4, 0.5) is 5.69 Å². The van der Waals surface area contributed by atoms with Crippen molar-refractivity contribution in [3.8, 4) is 5.75 Å². The Balaban J connectivity index is 2.01. The monoisotopic (exact) mass is 177 g/mol. The minimum atomic E-state index is 0.687. The van der Waals surface area contributed by atoms with E-state index in [1.165, 1.54) is 24.9 Å². The molecule has 0 spiro atoms. The summed E-state index contributed by atoms with van der Waals surface area (Å²) in [6.07, 6.45) is 3.97. The minimum Gasteiger partial charge on any atom is -0.497 e. The molecule has 0 aromatic heterocycles. The van der Waals surface area contributed by atoms with Gasteiger partial charge in [0, 0.05) is 17.8 Å². The molecule has 1 fully saturated rings. The topological polar surface area (TPSA) is 21.3 Å². The smallest absolute Gasteiger partial charge is 0.120 e. The lowest BCUT2D eigenvalue weighted by atomic mass is 9.93. The molecule has 13 heavy (non-hydrogen) atoms. The lowest BCUT2D eigenvalue weighted by Gasteiger charge is -2.27. The van der Waals surface area contributed by atoms with Crippen molar-refractivity contribution < 1.29 is 4.74 Å². The zero-order valence-electron chi connectivity index (χ0n) is 7.92. The van der Waals surface area contributed by atoms with Gasteiger partial charge in [-0.1, -0.05) is 6.07 Å². The van der Waals surface area contributed by atoms with Crippen LogP contribution >= 0.6 is 0 Å². The third-order valence-electron chi connectivity index (χ3n) is 2.55. The van der Waals surface area contributed by atoms with Crippen molar-refractivity contribution in [3.63, 3.8) is 0 Å². The molecule has 2 rings (SSSR count). The van der Waals surface area contributed by atoms with Gasteiger partial charge in [-0.3, -0.25) is 0 Å². The molecule has 1 saturated carbocycles. The summed E-state index contributed by atoms with van der Waals surface area (Å²) >= 11 is 0. The van der Waals surface area contributed by atoms with Crippen LogP contribution in [0.2, 0.25) is 0 Å². The molecular formula is C11H15NO. The first-order valence-electron chi connectivity index (χ1n) is 4.79. The molecule has 0 heterocycles. The summed E-state index contributed by atoms with van der Waals surface area (Å²) in [6.45, 7) is 0. The van der Waals surface area contributed by atoms with Crippen molar-refractivity contribution in [3.05, 3.63) is 24.3 Å². The lowest BCUT2D eigenvalue weighted by molar-refractivity contribution is 0.414. The summed E-state index contributed by atoms with van der Waals surface area (Å²) in [4.78, 5) is 0. The third kappa shape index (κ3) is 1.94. The van der Waals surface area contributed by atoms with Crippen LogP contribution in [-0.4, -0.2) is 13.2 Å². The molecule has 1 N–H and O–H groups in total. The maximum atomic E-state index is 5.15. The van der Waals surface area contributed by atoms with Crippen LogP contribution in [0, 0.1) is 0 Å². The maximum Gasteiger partial charge on any atom is 0.120 e. The fourth-order valence-electron chi connectivity index (χ4n) is 1.50. The van der Waals surface area contributed by atoms with E-state index in [0.717, 1.165) is 5.75 Å². The van der Waals surface area contributed by atoms with Gasteiger partial charge in [-0.25, -0.2) is 0 Å². The number of methoxy groups -OCH3 is 1. The van der Waals surface area contributed by atoms with Crippen LogP contribution in [0.1, 0.15) is 19.3 Å². The van der Waals surface area contributed by atoms with Gasteiger partial charge in [0.2, 0.25) is 0 Å². The van der Waals surface area contributed by atoms with E-state index in [1.807, 2.05) is 18.2 Å². The van der Waals surface area contributed by atoms with Crippen molar-refractivity contribution in [2.45, 2.75) is 25.3 Å². The van der Waals surface area contributed by atoms with E-state index in [9.17, 15) is 0 Å². The van der Waals surface area contributed by atoms with E-state index < -0.39 is 0 Å². The molecule has 70 valence electrons. The Bertz CT molecular complexity index is 281. The predicted octanol–water partition coefficient (Wildman–Crippen LogP) is 2.66. The fraction of sp³-hybridized carbons (Fsp3) is 0.455. The van der Waals surface area contributed by atoms with Gasteiger partial charge in [0.25, 0.3) is 0 Å². The number of anilines is 1. The van der Waals surface area contributed by atoms with Gasteiger partial charge in [-0.15, -0.1) is 0 Å². The second-order valence-corrected chi connectivity index (χ2v) is 3.50. The highest BCUT2D eigenvalue weighted by atomic mass is 16.5. The summed E-state index contributed by atoms with van der Waals surface area (Å²) in [5, 5.41) is 3.47. The Kier molecular flexibility index (Phi) is 2.39. The Morgan fingerprint density at radius 3 is 2.85 bits per heavy atom. The fourth-order valence-corrected chi connectivity index (χ4v) is 1.50. The van der Waals surface area contributed by atoms with Gasteiger partial charge >= 0.3 is 0 Å². The molecule has 1 aliphatic carbocycles. The normalized spacial score (nSPS) is 16.4. The summed E-state index contributed by atoms with van der Waals surface area (Å²) in [7, 11) is 1.70. The highest BCUT2D eigenvalue weighted by Gasteiger charge is 2.16. The average molecular weight is 177 g/mol. The largest absolute Gasteiger partial charge is 0.497 e. The second kappa shape index (κ2) is 3.69. The quantitative estimate of drug-likeness (QED) is 0.766. The van der Waals surface area contributed by atoms with Crippen molar-refractivity contribution in [2.75, 3.05) is 12.4 Å². The van der Waals surface area contributed by atoms with Crippen molar-refractivity contribution >= 4 is 5.69 Å². The third-order valence-corrected chi connectivity index (χ3v) is 2.55. The molecule has 0 saturated heterocycles. The highest BCUT2D eigenvalue weighted by Crippen LogP contribution is 2.24. The standard InChI is InChI=1S/C11H15NO/c1-13-11-7-3-6-10(8-11)12-9-4-2-5-9/h3,6-9,12H,2,4-5H2,1H3. The molecule has 1 aliphatic rings. The minimum absolute atomic E-state index is 0.687. The van der Waals surface area contributed by atoms with Crippen LogP contribution < -0.4 is 10.1 Å². The average Bonchev–Trinajstić information content (AvgIpc) is 2.12.